The van der Waals surface area contributed by atoms with Crippen LogP contribution in [0, 0.1) is 0 Å². The quantitative estimate of drug-likeness (QED) is 0.776. The van der Waals surface area contributed by atoms with Crippen molar-refractivity contribution in [2.45, 2.75) is 0 Å². The van der Waals surface area contributed by atoms with Gasteiger partial charge >= 0.3 is 5.97 Å². The van der Waals surface area contributed by atoms with Gasteiger partial charge in [0.05, 0.1) is 19.9 Å². The van der Waals surface area contributed by atoms with Gasteiger partial charge in [-0.3, -0.25) is 0 Å². The largest absolute Gasteiger partial charge is 0.497 e. The molecular weight excluding hydrogens is 310 g/mol. The number of nitrogens with zero attached hydrogens (tertiary/aromatic N) is 3. The number of ether oxygens (including phenoxy) is 2. The van der Waals surface area contributed by atoms with Gasteiger partial charge in [-0.15, -0.1) is 5.10 Å². The molecule has 0 fully saturated rings. The highest BCUT2D eigenvalue weighted by molar-refractivity contribution is 5.93. The lowest BCUT2D eigenvalue weighted by Gasteiger charge is -2.11. The van der Waals surface area contributed by atoms with E-state index in [-0.39, 0.29) is 5.69 Å². The third-order valence-electron chi connectivity index (χ3n) is 3.50. The van der Waals surface area contributed by atoms with E-state index < -0.39 is 5.97 Å². The van der Waals surface area contributed by atoms with E-state index in [0.717, 1.165) is 0 Å². The molecule has 0 atom stereocenters. The second-order valence-corrected chi connectivity index (χ2v) is 4.94. The van der Waals surface area contributed by atoms with E-state index in [1.807, 2.05) is 18.2 Å². The molecule has 1 heterocycles. The van der Waals surface area contributed by atoms with E-state index in [0.29, 0.717) is 28.4 Å². The van der Waals surface area contributed by atoms with Gasteiger partial charge < -0.3 is 14.6 Å². The molecule has 0 saturated heterocycles. The summed E-state index contributed by atoms with van der Waals surface area (Å²) in [6, 6.07) is 14.3. The van der Waals surface area contributed by atoms with E-state index >= 15 is 0 Å². The minimum Gasteiger partial charge on any atom is -0.497 e. The molecule has 0 amide bonds. The van der Waals surface area contributed by atoms with Crippen molar-refractivity contribution in [2.24, 2.45) is 0 Å². The summed E-state index contributed by atoms with van der Waals surface area (Å²) in [5.41, 5.74) is 1.55. The van der Waals surface area contributed by atoms with Crippen LogP contribution < -0.4 is 9.47 Å². The van der Waals surface area contributed by atoms with Gasteiger partial charge in [0.2, 0.25) is 0 Å². The van der Waals surface area contributed by atoms with Crippen molar-refractivity contribution in [3.63, 3.8) is 0 Å². The monoisotopic (exact) mass is 325 g/mol. The summed E-state index contributed by atoms with van der Waals surface area (Å²) < 4.78 is 12.0. The Hall–Kier alpha value is -3.35. The Morgan fingerprint density at radius 3 is 2.21 bits per heavy atom. The molecule has 24 heavy (non-hydrogen) atoms. The number of hydrogen-bond donors (Lipinski definition) is 1. The fraction of sp³-hybridized carbons (Fsp3) is 0.118. The summed E-state index contributed by atoms with van der Waals surface area (Å²) in [7, 11) is 3.08. The zero-order chi connectivity index (χ0) is 17.1. The lowest BCUT2D eigenvalue weighted by Crippen LogP contribution is -2.03. The Morgan fingerprint density at radius 1 is 1.04 bits per heavy atom. The van der Waals surface area contributed by atoms with Crippen LogP contribution in [0.25, 0.3) is 16.9 Å². The smallest absolute Gasteiger partial charge is 0.358 e. The van der Waals surface area contributed by atoms with Crippen LogP contribution in [0.5, 0.6) is 11.5 Å². The number of rotatable bonds is 5. The molecular formula is C17H15N3O4. The second kappa shape index (κ2) is 6.41. The first-order chi connectivity index (χ1) is 11.6. The minimum atomic E-state index is -1.14. The van der Waals surface area contributed by atoms with E-state index in [4.69, 9.17) is 9.47 Å². The van der Waals surface area contributed by atoms with Crippen molar-refractivity contribution in [3.8, 4) is 28.4 Å². The predicted octanol–water partition coefficient (Wildman–Crippen LogP) is 2.65. The molecule has 3 rings (SSSR count). The molecule has 0 bridgehead atoms. The van der Waals surface area contributed by atoms with Crippen molar-refractivity contribution >= 4 is 5.97 Å². The van der Waals surface area contributed by atoms with Gasteiger partial charge in [0.1, 0.15) is 17.2 Å². The first-order valence-corrected chi connectivity index (χ1v) is 7.12. The average Bonchev–Trinajstić information content (AvgIpc) is 3.07. The van der Waals surface area contributed by atoms with Gasteiger partial charge in [-0.05, 0) is 0 Å². The fourth-order valence-electron chi connectivity index (χ4n) is 2.38. The Kier molecular flexibility index (Phi) is 4.15. The molecule has 2 aromatic carbocycles. The highest BCUT2D eigenvalue weighted by Crippen LogP contribution is 2.29. The van der Waals surface area contributed by atoms with Crippen LogP contribution in [0.3, 0.4) is 0 Å². The Bertz CT molecular complexity index is 853. The van der Waals surface area contributed by atoms with E-state index in [1.54, 1.807) is 44.6 Å². The summed E-state index contributed by atoms with van der Waals surface area (Å²) in [4.78, 5) is 11.5. The average molecular weight is 325 g/mol. The highest BCUT2D eigenvalue weighted by atomic mass is 16.5. The summed E-state index contributed by atoms with van der Waals surface area (Å²) in [6.45, 7) is 0. The number of aromatic carboxylic acids is 1. The molecule has 0 aliphatic carbocycles. The molecule has 7 nitrogen and oxygen atoms in total. The lowest BCUT2D eigenvalue weighted by molar-refractivity contribution is 0.0691. The zero-order valence-corrected chi connectivity index (χ0v) is 13.1. The second-order valence-electron chi connectivity index (χ2n) is 4.94. The Morgan fingerprint density at radius 2 is 1.67 bits per heavy atom. The summed E-state index contributed by atoms with van der Waals surface area (Å²) in [5, 5.41) is 17.2. The van der Waals surface area contributed by atoms with Crippen LogP contribution in [0.2, 0.25) is 0 Å². The van der Waals surface area contributed by atoms with Crippen LogP contribution in [0.1, 0.15) is 10.5 Å². The van der Waals surface area contributed by atoms with Crippen molar-refractivity contribution in [2.75, 3.05) is 14.2 Å². The van der Waals surface area contributed by atoms with Crippen molar-refractivity contribution in [1.29, 1.82) is 0 Å². The molecule has 0 spiro atoms. The fourth-order valence-corrected chi connectivity index (χ4v) is 2.38. The van der Waals surface area contributed by atoms with Crippen LogP contribution in [-0.4, -0.2) is 40.3 Å². The predicted molar refractivity (Wildman–Crippen MR) is 86.9 cm³/mol. The topological polar surface area (TPSA) is 86.5 Å². The van der Waals surface area contributed by atoms with Crippen molar-refractivity contribution < 1.29 is 19.4 Å². The molecule has 0 aliphatic heterocycles. The van der Waals surface area contributed by atoms with E-state index in [9.17, 15) is 9.90 Å². The Balaban J connectivity index is 2.24. The van der Waals surface area contributed by atoms with Gasteiger partial charge in [-0.25, -0.2) is 9.48 Å². The van der Waals surface area contributed by atoms with Gasteiger partial charge in [-0.1, -0.05) is 35.5 Å². The number of aromatic nitrogens is 3. The number of methoxy groups -OCH3 is 2. The third-order valence-corrected chi connectivity index (χ3v) is 3.50. The van der Waals surface area contributed by atoms with E-state index in [2.05, 4.69) is 10.3 Å². The third kappa shape index (κ3) is 2.79. The maximum Gasteiger partial charge on any atom is 0.358 e. The molecule has 0 radical (unpaired) electrons. The number of carboxylic acid groups (broad SMARTS) is 1. The lowest BCUT2D eigenvalue weighted by atomic mass is 10.1. The maximum absolute atomic E-state index is 11.5. The minimum absolute atomic E-state index is 0.122. The van der Waals surface area contributed by atoms with Crippen LogP contribution in [0.4, 0.5) is 0 Å². The van der Waals surface area contributed by atoms with Gasteiger partial charge in [-0.2, -0.15) is 0 Å². The first-order valence-electron chi connectivity index (χ1n) is 7.12. The molecule has 3 aromatic rings. The zero-order valence-electron chi connectivity index (χ0n) is 13.1. The van der Waals surface area contributed by atoms with Crippen molar-refractivity contribution in [3.05, 3.63) is 54.2 Å². The Labute approximate surface area is 138 Å². The van der Waals surface area contributed by atoms with Crippen molar-refractivity contribution in [1.82, 2.24) is 15.0 Å². The highest BCUT2D eigenvalue weighted by Gasteiger charge is 2.22. The molecule has 0 aliphatic rings. The SMILES string of the molecule is COc1cc(OC)cc(-n2nnc(C(=O)O)c2-c2ccccc2)c1. The summed E-state index contributed by atoms with van der Waals surface area (Å²) >= 11 is 0. The summed E-state index contributed by atoms with van der Waals surface area (Å²) in [5.74, 6) is -0.0126. The number of benzene rings is 2. The van der Waals surface area contributed by atoms with Gasteiger partial charge in [0, 0.05) is 23.8 Å². The molecule has 1 N–H and O–H groups in total. The van der Waals surface area contributed by atoms with Gasteiger partial charge in [0.15, 0.2) is 5.69 Å². The normalized spacial score (nSPS) is 10.4. The maximum atomic E-state index is 11.5. The number of carbonyl (C=O) groups is 1. The number of hydrogen-bond acceptors (Lipinski definition) is 5. The number of carboxylic acids is 1. The molecule has 0 saturated carbocycles. The van der Waals surface area contributed by atoms with Gasteiger partial charge in [0.25, 0.3) is 0 Å². The van der Waals surface area contributed by atoms with E-state index in [1.165, 1.54) is 4.68 Å². The first kappa shape index (κ1) is 15.5. The van der Waals surface area contributed by atoms with Crippen LogP contribution >= 0.6 is 0 Å². The molecule has 122 valence electrons. The molecule has 1 aromatic heterocycles. The van der Waals surface area contributed by atoms with Crippen LogP contribution in [0.15, 0.2) is 48.5 Å². The summed E-state index contributed by atoms with van der Waals surface area (Å²) in [6.07, 6.45) is 0. The molecule has 7 heteroatoms. The van der Waals surface area contributed by atoms with Crippen LogP contribution in [-0.2, 0) is 0 Å². The standard InChI is InChI=1S/C17H15N3O4/c1-23-13-8-12(9-14(10-13)24-2)20-16(11-6-4-3-5-7-11)15(17(21)22)18-19-20/h3-10H,1-2H3,(H,21,22). The molecule has 0 unspecified atom stereocenters.